The second-order valence-electron chi connectivity index (χ2n) is 5.57. The van der Waals surface area contributed by atoms with Gasteiger partial charge in [-0.25, -0.2) is 0 Å². The fourth-order valence-electron chi connectivity index (χ4n) is 1.65. The fraction of sp³-hybridized carbons (Fsp3) is 0.750. The zero-order valence-corrected chi connectivity index (χ0v) is 13.4. The van der Waals surface area contributed by atoms with Crippen LogP contribution in [0.4, 0.5) is 0 Å². The summed E-state index contributed by atoms with van der Waals surface area (Å²) in [4.78, 5) is 45.7. The summed E-state index contributed by atoms with van der Waals surface area (Å²) in [5.74, 6) is -1.01. The molecule has 21 heavy (non-hydrogen) atoms. The predicted molar refractivity (Wildman–Crippen MR) is 78.7 cm³/mol. The minimum atomic E-state index is -0.477. The van der Waals surface area contributed by atoms with Gasteiger partial charge in [0.05, 0.1) is 12.5 Å². The van der Waals surface area contributed by atoms with Gasteiger partial charge in [-0.05, 0) is 0 Å². The predicted octanol–water partition coefficient (Wildman–Crippen LogP) is 2.50. The van der Waals surface area contributed by atoms with Gasteiger partial charge in [0.15, 0.2) is 0 Å². The number of hydrogen-bond acceptors (Lipinski definition) is 5. The van der Waals surface area contributed by atoms with Gasteiger partial charge in [-0.15, -0.1) is 0 Å². The van der Waals surface area contributed by atoms with E-state index < -0.39 is 11.9 Å². The first kappa shape index (κ1) is 19.5. The molecule has 1 atom stereocenters. The summed E-state index contributed by atoms with van der Waals surface area (Å²) in [5.41, 5.74) is 0. The number of rotatable bonds is 11. The standard InChI is InChI=1S/C16H26O5/c1-5-13(17)10-12(4)16(20)21-9-8-14(18)6-7-15(19)11(2)3/h11-12H,5-10H2,1-4H3. The van der Waals surface area contributed by atoms with Gasteiger partial charge in [-0.1, -0.05) is 27.7 Å². The van der Waals surface area contributed by atoms with Crippen molar-refractivity contribution in [2.24, 2.45) is 11.8 Å². The van der Waals surface area contributed by atoms with Crippen LogP contribution in [0.1, 0.15) is 59.8 Å². The molecule has 1 unspecified atom stereocenters. The SMILES string of the molecule is CCC(=O)CC(C)C(=O)OCCC(=O)CCC(=O)C(C)C. The van der Waals surface area contributed by atoms with E-state index in [1.54, 1.807) is 27.7 Å². The first-order chi connectivity index (χ1) is 9.77. The van der Waals surface area contributed by atoms with Crippen LogP contribution in [0.5, 0.6) is 0 Å². The number of ketones is 3. The van der Waals surface area contributed by atoms with Gasteiger partial charge < -0.3 is 4.74 Å². The summed E-state index contributed by atoms with van der Waals surface area (Å²) >= 11 is 0. The Balaban J connectivity index is 3.87. The molecule has 0 bridgehead atoms. The molecule has 5 heteroatoms. The van der Waals surface area contributed by atoms with Crippen molar-refractivity contribution in [1.29, 1.82) is 0 Å². The highest BCUT2D eigenvalue weighted by molar-refractivity contribution is 5.87. The highest BCUT2D eigenvalue weighted by atomic mass is 16.5. The van der Waals surface area contributed by atoms with E-state index in [1.807, 2.05) is 0 Å². The van der Waals surface area contributed by atoms with Crippen LogP contribution in [0.2, 0.25) is 0 Å². The maximum atomic E-state index is 11.6. The first-order valence-corrected chi connectivity index (χ1v) is 7.50. The molecule has 0 spiro atoms. The molecule has 0 aliphatic rings. The van der Waals surface area contributed by atoms with Gasteiger partial charge in [0.1, 0.15) is 17.3 Å². The Morgan fingerprint density at radius 1 is 0.905 bits per heavy atom. The summed E-state index contributed by atoms with van der Waals surface area (Å²) in [5, 5.41) is 0. The Morgan fingerprint density at radius 2 is 1.52 bits per heavy atom. The van der Waals surface area contributed by atoms with E-state index in [2.05, 4.69) is 0 Å². The molecule has 0 aromatic rings. The summed E-state index contributed by atoms with van der Waals surface area (Å²) < 4.78 is 4.98. The van der Waals surface area contributed by atoms with Crippen LogP contribution in [-0.4, -0.2) is 29.9 Å². The number of Topliss-reactive ketones (excluding diaryl/α,β-unsaturated/α-hetero) is 3. The normalized spacial score (nSPS) is 12.0. The number of ether oxygens (including phenoxy) is 1. The minimum absolute atomic E-state index is 0.0121. The van der Waals surface area contributed by atoms with Crippen molar-refractivity contribution < 1.29 is 23.9 Å². The number of carbonyl (C=O) groups is 4. The van der Waals surface area contributed by atoms with Crippen molar-refractivity contribution >= 4 is 23.3 Å². The van der Waals surface area contributed by atoms with Gasteiger partial charge in [0.2, 0.25) is 0 Å². The van der Waals surface area contributed by atoms with Crippen LogP contribution >= 0.6 is 0 Å². The molecule has 0 amide bonds. The molecule has 0 aromatic carbocycles. The monoisotopic (exact) mass is 298 g/mol. The summed E-state index contributed by atoms with van der Waals surface area (Å²) in [6, 6.07) is 0. The fourth-order valence-corrected chi connectivity index (χ4v) is 1.65. The molecule has 0 fully saturated rings. The van der Waals surface area contributed by atoms with Crippen molar-refractivity contribution in [1.82, 2.24) is 0 Å². The minimum Gasteiger partial charge on any atom is -0.465 e. The third-order valence-corrected chi connectivity index (χ3v) is 3.25. The Morgan fingerprint density at radius 3 is 2.05 bits per heavy atom. The van der Waals surface area contributed by atoms with Gasteiger partial charge in [-0.2, -0.15) is 0 Å². The maximum absolute atomic E-state index is 11.6. The molecule has 0 N–H and O–H groups in total. The van der Waals surface area contributed by atoms with Crippen molar-refractivity contribution in [3.63, 3.8) is 0 Å². The number of hydrogen-bond donors (Lipinski definition) is 0. The zero-order chi connectivity index (χ0) is 16.4. The van der Waals surface area contributed by atoms with Gasteiger partial charge in [0, 0.05) is 38.0 Å². The average molecular weight is 298 g/mol. The van der Waals surface area contributed by atoms with Gasteiger partial charge >= 0.3 is 5.97 Å². The lowest BCUT2D eigenvalue weighted by atomic mass is 10.0. The van der Waals surface area contributed by atoms with Crippen LogP contribution in [0.25, 0.3) is 0 Å². The van der Waals surface area contributed by atoms with E-state index in [9.17, 15) is 19.2 Å². The van der Waals surface area contributed by atoms with E-state index in [0.717, 1.165) is 0 Å². The second kappa shape index (κ2) is 10.2. The molecule has 0 aromatic heterocycles. The Labute approximate surface area is 126 Å². The Kier molecular flexibility index (Phi) is 9.50. The molecule has 0 aliphatic heterocycles. The van der Waals surface area contributed by atoms with Crippen LogP contribution in [0.3, 0.4) is 0 Å². The van der Waals surface area contributed by atoms with Gasteiger partial charge in [-0.3, -0.25) is 19.2 Å². The van der Waals surface area contributed by atoms with Gasteiger partial charge in [0.25, 0.3) is 0 Å². The van der Waals surface area contributed by atoms with Crippen LogP contribution in [-0.2, 0) is 23.9 Å². The van der Waals surface area contributed by atoms with E-state index in [4.69, 9.17) is 4.74 Å². The van der Waals surface area contributed by atoms with Crippen molar-refractivity contribution in [2.75, 3.05) is 6.61 Å². The first-order valence-electron chi connectivity index (χ1n) is 7.50. The van der Waals surface area contributed by atoms with Crippen molar-refractivity contribution in [3.8, 4) is 0 Å². The Hall–Kier alpha value is -1.52. The molecule has 0 saturated heterocycles. The summed E-state index contributed by atoms with van der Waals surface area (Å²) in [7, 11) is 0. The smallest absolute Gasteiger partial charge is 0.309 e. The topological polar surface area (TPSA) is 77.5 Å². The largest absolute Gasteiger partial charge is 0.465 e. The lowest BCUT2D eigenvalue weighted by Gasteiger charge is -2.10. The Bertz CT molecular complexity index is 384. The molecule has 0 saturated carbocycles. The third-order valence-electron chi connectivity index (χ3n) is 3.25. The van der Waals surface area contributed by atoms with E-state index in [1.165, 1.54) is 0 Å². The second-order valence-corrected chi connectivity index (χ2v) is 5.57. The molecule has 0 aliphatic carbocycles. The van der Waals surface area contributed by atoms with Crippen LogP contribution < -0.4 is 0 Å². The molecule has 0 radical (unpaired) electrons. The van der Waals surface area contributed by atoms with E-state index in [-0.39, 0.29) is 55.6 Å². The number of carbonyl (C=O) groups excluding carboxylic acids is 4. The maximum Gasteiger partial charge on any atom is 0.309 e. The average Bonchev–Trinajstić information content (AvgIpc) is 2.43. The number of esters is 1. The van der Waals surface area contributed by atoms with E-state index in [0.29, 0.717) is 6.42 Å². The van der Waals surface area contributed by atoms with Crippen LogP contribution in [0.15, 0.2) is 0 Å². The molecular weight excluding hydrogens is 272 g/mol. The molecule has 120 valence electrons. The van der Waals surface area contributed by atoms with E-state index >= 15 is 0 Å². The quantitative estimate of drug-likeness (QED) is 0.548. The van der Waals surface area contributed by atoms with Crippen molar-refractivity contribution in [2.45, 2.75) is 59.8 Å². The highest BCUT2D eigenvalue weighted by Crippen LogP contribution is 2.08. The lowest BCUT2D eigenvalue weighted by Crippen LogP contribution is -2.19. The zero-order valence-electron chi connectivity index (χ0n) is 13.4. The molecule has 0 heterocycles. The molecular formula is C16H26O5. The summed E-state index contributed by atoms with van der Waals surface area (Å²) in [6.45, 7) is 7.00. The van der Waals surface area contributed by atoms with Crippen LogP contribution in [0, 0.1) is 11.8 Å². The summed E-state index contributed by atoms with van der Waals surface area (Å²) in [6.07, 6.45) is 1.13. The molecule has 5 nitrogen and oxygen atoms in total. The van der Waals surface area contributed by atoms with Crippen molar-refractivity contribution in [3.05, 3.63) is 0 Å². The molecule has 0 rings (SSSR count). The third kappa shape index (κ3) is 9.10. The highest BCUT2D eigenvalue weighted by Gasteiger charge is 2.18. The lowest BCUT2D eigenvalue weighted by molar-refractivity contribution is -0.150.